The van der Waals surface area contributed by atoms with E-state index >= 15 is 0 Å². The molecule has 4 bridgehead atoms. The van der Waals surface area contributed by atoms with Crippen molar-refractivity contribution < 1.29 is 0 Å². The molecule has 0 saturated heterocycles. The third-order valence-electron chi connectivity index (χ3n) is 6.51. The second-order valence-corrected chi connectivity index (χ2v) is 8.94. The van der Waals surface area contributed by atoms with Crippen LogP contribution in [0.5, 0.6) is 0 Å². The van der Waals surface area contributed by atoms with Crippen LogP contribution in [0, 0.1) is 37.0 Å². The first kappa shape index (κ1) is 14.4. The molecule has 4 fully saturated rings. The third kappa shape index (κ3) is 2.25. The molecule has 0 radical (unpaired) electrons. The zero-order chi connectivity index (χ0) is 14.8. The molecule has 4 aliphatic carbocycles. The standard InChI is InChI=1S/C19H24Cl2/c1-11-3-16(17(20)4-12(11)2)18(21)19-8-13-5-14(9-19)7-15(6-13)10-19/h3-4,13-15,18H,5-10H2,1-2H3. The van der Waals surface area contributed by atoms with Gasteiger partial charge in [-0.15, -0.1) is 11.6 Å². The molecule has 0 aliphatic heterocycles. The highest BCUT2D eigenvalue weighted by Gasteiger charge is 2.54. The van der Waals surface area contributed by atoms with Crippen LogP contribution in [0.15, 0.2) is 12.1 Å². The minimum atomic E-state index is 0.0951. The van der Waals surface area contributed by atoms with Crippen molar-refractivity contribution in [2.75, 3.05) is 0 Å². The van der Waals surface area contributed by atoms with Gasteiger partial charge in [0.15, 0.2) is 0 Å². The maximum atomic E-state index is 7.07. The first-order valence-electron chi connectivity index (χ1n) is 8.37. The summed E-state index contributed by atoms with van der Waals surface area (Å²) in [4.78, 5) is 0. The van der Waals surface area contributed by atoms with Gasteiger partial charge in [-0.25, -0.2) is 0 Å². The molecule has 0 nitrogen and oxygen atoms in total. The molecule has 2 heteroatoms. The fourth-order valence-corrected chi connectivity index (χ4v) is 6.65. The number of alkyl halides is 1. The molecule has 0 N–H and O–H groups in total. The maximum Gasteiger partial charge on any atom is 0.0656 e. The molecule has 0 spiro atoms. The molecule has 1 atom stereocenters. The van der Waals surface area contributed by atoms with Crippen LogP contribution in [0.25, 0.3) is 0 Å². The van der Waals surface area contributed by atoms with Crippen molar-refractivity contribution in [2.45, 2.75) is 57.7 Å². The molecule has 1 aromatic carbocycles. The lowest BCUT2D eigenvalue weighted by atomic mass is 9.48. The van der Waals surface area contributed by atoms with Gasteiger partial charge in [-0.3, -0.25) is 0 Å². The van der Waals surface area contributed by atoms with E-state index in [1.165, 1.54) is 55.2 Å². The van der Waals surface area contributed by atoms with Crippen LogP contribution in [0.1, 0.15) is 60.6 Å². The van der Waals surface area contributed by atoms with Crippen molar-refractivity contribution in [3.63, 3.8) is 0 Å². The van der Waals surface area contributed by atoms with Gasteiger partial charge >= 0.3 is 0 Å². The summed E-state index contributed by atoms with van der Waals surface area (Å²) in [7, 11) is 0. The Kier molecular flexibility index (Phi) is 3.36. The van der Waals surface area contributed by atoms with Crippen molar-refractivity contribution in [3.8, 4) is 0 Å². The molecule has 4 saturated carbocycles. The van der Waals surface area contributed by atoms with E-state index < -0.39 is 0 Å². The summed E-state index contributed by atoms with van der Waals surface area (Å²) in [5.74, 6) is 2.80. The van der Waals surface area contributed by atoms with E-state index in [1.807, 2.05) is 0 Å². The van der Waals surface area contributed by atoms with E-state index in [0.29, 0.717) is 5.41 Å². The smallest absolute Gasteiger partial charge is 0.0656 e. The van der Waals surface area contributed by atoms with E-state index in [4.69, 9.17) is 23.2 Å². The monoisotopic (exact) mass is 322 g/mol. The molecule has 1 unspecified atom stereocenters. The van der Waals surface area contributed by atoms with Crippen LogP contribution >= 0.6 is 23.2 Å². The van der Waals surface area contributed by atoms with Gasteiger partial charge in [-0.1, -0.05) is 17.7 Å². The fourth-order valence-electron chi connectivity index (χ4n) is 5.82. The Balaban J connectivity index is 1.71. The highest BCUT2D eigenvalue weighted by atomic mass is 35.5. The molecular formula is C19H24Cl2. The van der Waals surface area contributed by atoms with E-state index in [-0.39, 0.29) is 5.38 Å². The Labute approximate surface area is 138 Å². The normalized spacial score (nSPS) is 38.8. The minimum absolute atomic E-state index is 0.0951. The topological polar surface area (TPSA) is 0 Å². The number of hydrogen-bond donors (Lipinski definition) is 0. The summed E-state index contributed by atoms with van der Waals surface area (Å²) in [6.45, 7) is 4.29. The van der Waals surface area contributed by atoms with Crippen molar-refractivity contribution in [2.24, 2.45) is 23.2 Å². The largest absolute Gasteiger partial charge is 0.117 e. The van der Waals surface area contributed by atoms with Crippen LogP contribution in [-0.2, 0) is 0 Å². The van der Waals surface area contributed by atoms with E-state index in [0.717, 1.165) is 22.8 Å². The maximum absolute atomic E-state index is 7.07. The van der Waals surface area contributed by atoms with Crippen LogP contribution < -0.4 is 0 Å². The van der Waals surface area contributed by atoms with Crippen molar-refractivity contribution in [3.05, 3.63) is 33.8 Å². The zero-order valence-corrected chi connectivity index (χ0v) is 14.5. The number of rotatable bonds is 2. The Bertz CT molecular complexity index is 540. The van der Waals surface area contributed by atoms with Gasteiger partial charge in [-0.05, 0) is 98.3 Å². The predicted molar refractivity (Wildman–Crippen MR) is 90.1 cm³/mol. The van der Waals surface area contributed by atoms with Gasteiger partial charge in [0.2, 0.25) is 0 Å². The molecular weight excluding hydrogens is 299 g/mol. The van der Waals surface area contributed by atoms with E-state index in [9.17, 15) is 0 Å². The SMILES string of the molecule is Cc1cc(Cl)c(C(Cl)C23CC4CC(CC(C4)C2)C3)cc1C. The molecule has 21 heavy (non-hydrogen) atoms. The van der Waals surface area contributed by atoms with E-state index in [1.54, 1.807) is 0 Å². The predicted octanol–water partition coefficient (Wildman–Crippen LogP) is 6.45. The lowest BCUT2D eigenvalue weighted by Gasteiger charge is -2.58. The molecule has 0 aromatic heterocycles. The second-order valence-electron chi connectivity index (χ2n) is 8.10. The molecule has 0 heterocycles. The lowest BCUT2D eigenvalue weighted by molar-refractivity contribution is -0.0552. The van der Waals surface area contributed by atoms with Gasteiger partial charge in [0.25, 0.3) is 0 Å². The van der Waals surface area contributed by atoms with Gasteiger partial charge in [-0.2, -0.15) is 0 Å². The summed E-state index contributed by atoms with van der Waals surface area (Å²) in [6, 6.07) is 4.34. The number of aryl methyl sites for hydroxylation is 2. The van der Waals surface area contributed by atoms with Crippen LogP contribution in [0.4, 0.5) is 0 Å². The summed E-state index contributed by atoms with van der Waals surface area (Å²) in [5, 5.41) is 0.964. The zero-order valence-electron chi connectivity index (χ0n) is 13.0. The summed E-state index contributed by atoms with van der Waals surface area (Å²) in [6.07, 6.45) is 8.37. The van der Waals surface area contributed by atoms with Crippen LogP contribution in [0.3, 0.4) is 0 Å². The Morgan fingerprint density at radius 2 is 1.43 bits per heavy atom. The molecule has 0 amide bonds. The van der Waals surface area contributed by atoms with Crippen molar-refractivity contribution in [1.29, 1.82) is 0 Å². The number of benzene rings is 1. The first-order chi connectivity index (χ1) is 9.97. The average Bonchev–Trinajstić information content (AvgIpc) is 2.40. The quantitative estimate of drug-likeness (QED) is 0.548. The summed E-state index contributed by atoms with van der Waals surface area (Å²) >= 11 is 13.6. The van der Waals surface area contributed by atoms with Gasteiger partial charge < -0.3 is 0 Å². The Morgan fingerprint density at radius 3 is 1.95 bits per heavy atom. The van der Waals surface area contributed by atoms with Gasteiger partial charge in [0.05, 0.1) is 5.38 Å². The average molecular weight is 323 g/mol. The van der Waals surface area contributed by atoms with Crippen molar-refractivity contribution in [1.82, 2.24) is 0 Å². The summed E-state index contributed by atoms with van der Waals surface area (Å²) < 4.78 is 0. The number of hydrogen-bond acceptors (Lipinski definition) is 0. The third-order valence-corrected chi connectivity index (χ3v) is 7.53. The van der Waals surface area contributed by atoms with Crippen molar-refractivity contribution >= 4 is 23.2 Å². The first-order valence-corrected chi connectivity index (χ1v) is 9.19. The number of halogens is 2. The molecule has 114 valence electrons. The summed E-state index contributed by atoms with van der Waals surface area (Å²) in [5.41, 5.74) is 4.08. The van der Waals surface area contributed by atoms with Crippen LogP contribution in [-0.4, -0.2) is 0 Å². The Hall–Kier alpha value is -0.200. The molecule has 4 aliphatic rings. The van der Waals surface area contributed by atoms with E-state index in [2.05, 4.69) is 26.0 Å². The fraction of sp³-hybridized carbons (Fsp3) is 0.684. The minimum Gasteiger partial charge on any atom is -0.117 e. The molecule has 5 rings (SSSR count). The highest BCUT2D eigenvalue weighted by Crippen LogP contribution is 2.65. The highest BCUT2D eigenvalue weighted by molar-refractivity contribution is 6.33. The lowest BCUT2D eigenvalue weighted by Crippen LogP contribution is -2.47. The van der Waals surface area contributed by atoms with Gasteiger partial charge in [0, 0.05) is 5.02 Å². The Morgan fingerprint density at radius 1 is 0.952 bits per heavy atom. The van der Waals surface area contributed by atoms with Gasteiger partial charge in [0.1, 0.15) is 0 Å². The molecule has 1 aromatic rings. The second kappa shape index (κ2) is 4.90. The van der Waals surface area contributed by atoms with Crippen LogP contribution in [0.2, 0.25) is 5.02 Å².